The van der Waals surface area contributed by atoms with E-state index in [2.05, 4.69) is 0 Å². The Bertz CT molecular complexity index is 535. The lowest BCUT2D eigenvalue weighted by molar-refractivity contribution is 0.172. The Balaban J connectivity index is 1.83. The molecule has 0 bridgehead atoms. The second kappa shape index (κ2) is 4.07. The van der Waals surface area contributed by atoms with E-state index in [1.807, 2.05) is 10.8 Å². The smallest absolute Gasteiger partial charge is 0.180 e. The summed E-state index contributed by atoms with van der Waals surface area (Å²) in [5.41, 5.74) is 0. The van der Waals surface area contributed by atoms with E-state index < -0.39 is 0 Å². The first-order valence-corrected chi connectivity index (χ1v) is 7.44. The molecule has 0 aliphatic carbocycles. The third-order valence-electron chi connectivity index (χ3n) is 2.81. The van der Waals surface area contributed by atoms with Crippen molar-refractivity contribution in [1.29, 1.82) is 0 Å². The SMILES string of the molecule is c1sc(-c2scc3c2OCCO3)c2c1OCCO2. The normalized spacial score (nSPS) is 16.7. The fourth-order valence-corrected chi connectivity index (χ4v) is 4.06. The van der Waals surface area contributed by atoms with Crippen LogP contribution in [0.25, 0.3) is 9.75 Å². The summed E-state index contributed by atoms with van der Waals surface area (Å²) in [4.78, 5) is 2.14. The highest BCUT2D eigenvalue weighted by atomic mass is 32.1. The zero-order chi connectivity index (χ0) is 11.9. The van der Waals surface area contributed by atoms with Crippen molar-refractivity contribution in [3.8, 4) is 32.8 Å². The quantitative estimate of drug-likeness (QED) is 0.805. The maximum atomic E-state index is 5.71. The zero-order valence-corrected chi connectivity index (χ0v) is 11.1. The minimum atomic E-state index is 0.599. The number of hydrogen-bond donors (Lipinski definition) is 0. The zero-order valence-electron chi connectivity index (χ0n) is 9.43. The molecule has 2 aromatic heterocycles. The van der Waals surface area contributed by atoms with Gasteiger partial charge in [-0.15, -0.1) is 22.7 Å². The Kier molecular flexibility index (Phi) is 2.38. The molecule has 0 atom stereocenters. The minimum Gasteiger partial charge on any atom is -0.485 e. The molecule has 2 aliphatic rings. The van der Waals surface area contributed by atoms with Gasteiger partial charge >= 0.3 is 0 Å². The molecule has 4 nitrogen and oxygen atoms in total. The van der Waals surface area contributed by atoms with Crippen molar-refractivity contribution in [3.05, 3.63) is 10.8 Å². The summed E-state index contributed by atoms with van der Waals surface area (Å²) in [6, 6.07) is 0. The molecular weight excluding hydrogens is 272 g/mol. The molecule has 0 saturated heterocycles. The summed E-state index contributed by atoms with van der Waals surface area (Å²) in [7, 11) is 0. The van der Waals surface area contributed by atoms with E-state index in [9.17, 15) is 0 Å². The third kappa shape index (κ3) is 1.49. The standard InChI is InChI=1S/C12H10O4S2/c1-3-15-9-7(13-1)5-17-11(9)12-10-8(6-18-12)14-2-4-16-10/h5-6H,1-4H2. The van der Waals surface area contributed by atoms with Crippen molar-refractivity contribution >= 4 is 22.7 Å². The van der Waals surface area contributed by atoms with Crippen molar-refractivity contribution in [2.24, 2.45) is 0 Å². The van der Waals surface area contributed by atoms with E-state index in [4.69, 9.17) is 18.9 Å². The van der Waals surface area contributed by atoms with Crippen molar-refractivity contribution in [1.82, 2.24) is 0 Å². The number of rotatable bonds is 1. The molecule has 94 valence electrons. The molecular formula is C12H10O4S2. The molecule has 18 heavy (non-hydrogen) atoms. The topological polar surface area (TPSA) is 36.9 Å². The van der Waals surface area contributed by atoms with Gasteiger partial charge in [0.05, 0.1) is 9.75 Å². The van der Waals surface area contributed by atoms with Crippen LogP contribution in [-0.2, 0) is 0 Å². The first-order chi connectivity index (χ1) is 8.93. The maximum Gasteiger partial charge on any atom is 0.180 e. The maximum absolute atomic E-state index is 5.71. The van der Waals surface area contributed by atoms with Gasteiger partial charge in [-0.2, -0.15) is 0 Å². The Morgan fingerprint density at radius 2 is 1.11 bits per heavy atom. The summed E-state index contributed by atoms with van der Waals surface area (Å²) in [6.07, 6.45) is 0. The van der Waals surface area contributed by atoms with Crippen LogP contribution in [0.1, 0.15) is 0 Å². The average Bonchev–Trinajstić information content (AvgIpc) is 3.01. The van der Waals surface area contributed by atoms with Crippen LogP contribution < -0.4 is 18.9 Å². The highest BCUT2D eigenvalue weighted by Crippen LogP contribution is 2.53. The molecule has 0 saturated carbocycles. The van der Waals surface area contributed by atoms with E-state index in [1.54, 1.807) is 22.7 Å². The molecule has 0 radical (unpaired) electrons. The summed E-state index contributed by atoms with van der Waals surface area (Å²) in [5.74, 6) is 3.34. The molecule has 4 heterocycles. The highest BCUT2D eigenvalue weighted by Gasteiger charge is 2.26. The van der Waals surface area contributed by atoms with Crippen LogP contribution in [0, 0.1) is 0 Å². The lowest BCUT2D eigenvalue weighted by Gasteiger charge is -2.18. The van der Waals surface area contributed by atoms with Gasteiger partial charge in [0.25, 0.3) is 0 Å². The Morgan fingerprint density at radius 3 is 1.61 bits per heavy atom. The van der Waals surface area contributed by atoms with Gasteiger partial charge < -0.3 is 18.9 Å². The monoisotopic (exact) mass is 282 g/mol. The molecule has 2 aromatic rings. The van der Waals surface area contributed by atoms with Crippen molar-refractivity contribution in [2.45, 2.75) is 0 Å². The third-order valence-corrected chi connectivity index (χ3v) is 4.85. The molecule has 0 amide bonds. The highest BCUT2D eigenvalue weighted by molar-refractivity contribution is 7.21. The van der Waals surface area contributed by atoms with Crippen LogP contribution in [0.2, 0.25) is 0 Å². The van der Waals surface area contributed by atoms with Crippen molar-refractivity contribution < 1.29 is 18.9 Å². The first kappa shape index (κ1) is 10.5. The summed E-state index contributed by atoms with van der Waals surface area (Å²) >= 11 is 3.24. The van der Waals surface area contributed by atoms with Crippen LogP contribution in [0.3, 0.4) is 0 Å². The van der Waals surface area contributed by atoms with Crippen molar-refractivity contribution in [3.63, 3.8) is 0 Å². The number of ether oxygens (including phenoxy) is 4. The lowest BCUT2D eigenvalue weighted by atomic mass is 10.3. The van der Waals surface area contributed by atoms with Crippen molar-refractivity contribution in [2.75, 3.05) is 26.4 Å². The fraction of sp³-hybridized carbons (Fsp3) is 0.333. The largest absolute Gasteiger partial charge is 0.485 e. The summed E-state index contributed by atoms with van der Waals surface area (Å²) < 4.78 is 22.5. The first-order valence-electron chi connectivity index (χ1n) is 5.68. The van der Waals surface area contributed by atoms with Crippen LogP contribution >= 0.6 is 22.7 Å². The van der Waals surface area contributed by atoms with E-state index >= 15 is 0 Å². The van der Waals surface area contributed by atoms with Gasteiger partial charge in [0.2, 0.25) is 0 Å². The van der Waals surface area contributed by atoms with Gasteiger partial charge in [0.1, 0.15) is 26.4 Å². The van der Waals surface area contributed by atoms with Gasteiger partial charge in [0, 0.05) is 10.8 Å². The van der Waals surface area contributed by atoms with Crippen LogP contribution in [0.4, 0.5) is 0 Å². The van der Waals surface area contributed by atoms with E-state index in [0.29, 0.717) is 26.4 Å². The number of thiophene rings is 2. The molecule has 0 N–H and O–H groups in total. The average molecular weight is 282 g/mol. The molecule has 0 spiro atoms. The molecule has 6 heteroatoms. The van der Waals surface area contributed by atoms with E-state index in [0.717, 1.165) is 32.8 Å². The molecule has 2 aliphatic heterocycles. The summed E-state index contributed by atoms with van der Waals surface area (Å²) in [6.45, 7) is 2.43. The van der Waals surface area contributed by atoms with E-state index in [1.165, 1.54) is 0 Å². The Hall–Kier alpha value is -1.40. The molecule has 0 fully saturated rings. The van der Waals surface area contributed by atoms with Gasteiger partial charge in [-0.3, -0.25) is 0 Å². The van der Waals surface area contributed by atoms with Gasteiger partial charge in [-0.1, -0.05) is 0 Å². The van der Waals surface area contributed by atoms with Gasteiger partial charge in [-0.05, 0) is 0 Å². The molecule has 0 unspecified atom stereocenters. The predicted molar refractivity (Wildman–Crippen MR) is 69.6 cm³/mol. The Morgan fingerprint density at radius 1 is 0.667 bits per heavy atom. The van der Waals surface area contributed by atoms with Crippen LogP contribution in [0.5, 0.6) is 23.0 Å². The predicted octanol–water partition coefficient (Wildman–Crippen LogP) is 3.02. The molecule has 0 aromatic carbocycles. The summed E-state index contributed by atoms with van der Waals surface area (Å²) in [5, 5.41) is 3.97. The van der Waals surface area contributed by atoms with Crippen LogP contribution in [-0.4, -0.2) is 26.4 Å². The minimum absolute atomic E-state index is 0.599. The molecule has 4 rings (SSSR count). The lowest BCUT2D eigenvalue weighted by Crippen LogP contribution is -2.15. The Labute approximate surface area is 112 Å². The second-order valence-electron chi connectivity index (χ2n) is 3.91. The second-order valence-corrected chi connectivity index (χ2v) is 5.67. The number of hydrogen-bond acceptors (Lipinski definition) is 6. The van der Waals surface area contributed by atoms with E-state index in [-0.39, 0.29) is 0 Å². The fourth-order valence-electron chi connectivity index (χ4n) is 2.04. The van der Waals surface area contributed by atoms with Crippen LogP contribution in [0.15, 0.2) is 10.8 Å². The van der Waals surface area contributed by atoms with Gasteiger partial charge in [-0.25, -0.2) is 0 Å². The van der Waals surface area contributed by atoms with Gasteiger partial charge in [0.15, 0.2) is 23.0 Å². The number of fused-ring (bicyclic) bond motifs is 2.